The molecule has 116 valence electrons. The van der Waals surface area contributed by atoms with Gasteiger partial charge in [0.15, 0.2) is 0 Å². The molecule has 1 heterocycles. The predicted octanol–water partition coefficient (Wildman–Crippen LogP) is 2.82. The SMILES string of the molecule is O=C(CCC(F)(F)F)N1CCN(c2ccc(F)cc2)CC1. The average Bonchev–Trinajstić information content (AvgIpc) is 2.45. The fraction of sp³-hybridized carbons (Fsp3) is 0.500. The number of alkyl halides is 3. The van der Waals surface area contributed by atoms with Crippen LogP contribution >= 0.6 is 0 Å². The number of rotatable bonds is 3. The topological polar surface area (TPSA) is 23.6 Å². The van der Waals surface area contributed by atoms with E-state index in [9.17, 15) is 22.4 Å². The summed E-state index contributed by atoms with van der Waals surface area (Å²) in [6.45, 7) is 1.83. The number of benzene rings is 1. The van der Waals surface area contributed by atoms with Gasteiger partial charge in [0.05, 0.1) is 6.42 Å². The van der Waals surface area contributed by atoms with Crippen molar-refractivity contribution < 1.29 is 22.4 Å². The Morgan fingerprint density at radius 3 is 2.14 bits per heavy atom. The first-order chi connectivity index (χ1) is 9.85. The monoisotopic (exact) mass is 304 g/mol. The Kier molecular flexibility index (Phi) is 4.69. The molecule has 1 amide bonds. The fourth-order valence-corrected chi connectivity index (χ4v) is 2.27. The highest BCUT2D eigenvalue weighted by atomic mass is 19.4. The molecule has 2 rings (SSSR count). The van der Waals surface area contributed by atoms with Crippen molar-refractivity contribution in [2.45, 2.75) is 19.0 Å². The summed E-state index contributed by atoms with van der Waals surface area (Å²) in [5.41, 5.74) is 0.846. The largest absolute Gasteiger partial charge is 0.389 e. The van der Waals surface area contributed by atoms with E-state index < -0.39 is 24.9 Å². The molecular weight excluding hydrogens is 288 g/mol. The van der Waals surface area contributed by atoms with Gasteiger partial charge >= 0.3 is 6.18 Å². The molecule has 1 fully saturated rings. The lowest BCUT2D eigenvalue weighted by molar-refractivity contribution is -0.149. The van der Waals surface area contributed by atoms with Crippen LogP contribution in [0.5, 0.6) is 0 Å². The van der Waals surface area contributed by atoms with Gasteiger partial charge in [-0.15, -0.1) is 0 Å². The van der Waals surface area contributed by atoms with Gasteiger partial charge < -0.3 is 9.80 Å². The molecule has 0 saturated carbocycles. The smallest absolute Gasteiger partial charge is 0.368 e. The van der Waals surface area contributed by atoms with Gasteiger partial charge in [-0.05, 0) is 24.3 Å². The van der Waals surface area contributed by atoms with Crippen molar-refractivity contribution in [2.75, 3.05) is 31.1 Å². The summed E-state index contributed by atoms with van der Waals surface area (Å²) in [5.74, 6) is -0.786. The van der Waals surface area contributed by atoms with Crippen LogP contribution in [0.1, 0.15) is 12.8 Å². The van der Waals surface area contributed by atoms with Crippen LogP contribution in [0.25, 0.3) is 0 Å². The van der Waals surface area contributed by atoms with Crippen LogP contribution in [0.2, 0.25) is 0 Å². The summed E-state index contributed by atoms with van der Waals surface area (Å²) in [6, 6.07) is 6.01. The van der Waals surface area contributed by atoms with E-state index in [1.54, 1.807) is 12.1 Å². The van der Waals surface area contributed by atoms with Crippen LogP contribution < -0.4 is 4.90 Å². The van der Waals surface area contributed by atoms with Gasteiger partial charge in [0.1, 0.15) is 5.82 Å². The lowest BCUT2D eigenvalue weighted by Gasteiger charge is -2.36. The number of nitrogens with zero attached hydrogens (tertiary/aromatic N) is 2. The summed E-state index contributed by atoms with van der Waals surface area (Å²) in [6.07, 6.45) is -5.88. The maximum atomic E-state index is 12.8. The zero-order chi connectivity index (χ0) is 15.5. The Hall–Kier alpha value is -1.79. The molecule has 0 bridgehead atoms. The maximum Gasteiger partial charge on any atom is 0.389 e. The Labute approximate surface area is 120 Å². The summed E-state index contributed by atoms with van der Waals surface area (Å²) in [7, 11) is 0. The van der Waals surface area contributed by atoms with Gasteiger partial charge in [-0.2, -0.15) is 13.2 Å². The average molecular weight is 304 g/mol. The van der Waals surface area contributed by atoms with Gasteiger partial charge in [-0.25, -0.2) is 4.39 Å². The van der Waals surface area contributed by atoms with Crippen LogP contribution in [-0.4, -0.2) is 43.2 Å². The number of carbonyl (C=O) groups excluding carboxylic acids is 1. The van der Waals surface area contributed by atoms with Crippen LogP contribution in [0.3, 0.4) is 0 Å². The Bertz CT molecular complexity index is 479. The van der Waals surface area contributed by atoms with Crippen LogP contribution in [-0.2, 0) is 4.79 Å². The van der Waals surface area contributed by atoms with E-state index in [-0.39, 0.29) is 5.82 Å². The molecule has 21 heavy (non-hydrogen) atoms. The summed E-state index contributed by atoms with van der Waals surface area (Å²) in [5, 5.41) is 0. The highest BCUT2D eigenvalue weighted by Crippen LogP contribution is 2.22. The molecule has 0 spiro atoms. The Balaban J connectivity index is 1.82. The zero-order valence-electron chi connectivity index (χ0n) is 11.4. The number of piperazine rings is 1. The molecule has 0 aliphatic carbocycles. The summed E-state index contributed by atoms with van der Waals surface area (Å²) < 4.78 is 49.1. The minimum atomic E-state index is -4.30. The van der Waals surface area contributed by atoms with Gasteiger partial charge in [0, 0.05) is 38.3 Å². The van der Waals surface area contributed by atoms with E-state index in [0.29, 0.717) is 26.2 Å². The third-order valence-corrected chi connectivity index (χ3v) is 3.45. The number of amides is 1. The third-order valence-electron chi connectivity index (χ3n) is 3.45. The molecule has 1 aromatic rings. The van der Waals surface area contributed by atoms with E-state index in [0.717, 1.165) is 5.69 Å². The van der Waals surface area contributed by atoms with Gasteiger partial charge in [-0.1, -0.05) is 0 Å². The van der Waals surface area contributed by atoms with E-state index in [2.05, 4.69) is 0 Å². The number of halogens is 4. The van der Waals surface area contributed by atoms with Crippen molar-refractivity contribution in [2.24, 2.45) is 0 Å². The van der Waals surface area contributed by atoms with Crippen LogP contribution in [0, 0.1) is 5.82 Å². The third kappa shape index (κ3) is 4.61. The van der Waals surface area contributed by atoms with E-state index in [1.807, 2.05) is 4.90 Å². The highest BCUT2D eigenvalue weighted by Gasteiger charge is 2.30. The lowest BCUT2D eigenvalue weighted by atomic mass is 10.2. The Morgan fingerprint density at radius 1 is 1.05 bits per heavy atom. The van der Waals surface area contributed by atoms with Crippen molar-refractivity contribution in [3.63, 3.8) is 0 Å². The first-order valence-electron chi connectivity index (χ1n) is 6.70. The molecule has 1 aliphatic heterocycles. The number of hydrogen-bond donors (Lipinski definition) is 0. The predicted molar refractivity (Wildman–Crippen MR) is 70.5 cm³/mol. The molecular formula is C14H16F4N2O. The second-order valence-corrected chi connectivity index (χ2v) is 4.96. The summed E-state index contributed by atoms with van der Waals surface area (Å²) >= 11 is 0. The van der Waals surface area contributed by atoms with Crippen molar-refractivity contribution in [1.29, 1.82) is 0 Å². The molecule has 0 unspecified atom stereocenters. The quantitative estimate of drug-likeness (QED) is 0.802. The molecule has 1 aliphatic rings. The van der Waals surface area contributed by atoms with Crippen molar-refractivity contribution in [3.8, 4) is 0 Å². The molecule has 0 aromatic heterocycles. The molecule has 0 radical (unpaired) electrons. The van der Waals surface area contributed by atoms with Gasteiger partial charge in [-0.3, -0.25) is 4.79 Å². The van der Waals surface area contributed by atoms with Crippen molar-refractivity contribution in [1.82, 2.24) is 4.90 Å². The first kappa shape index (κ1) is 15.6. The van der Waals surface area contributed by atoms with Crippen molar-refractivity contribution >= 4 is 11.6 Å². The van der Waals surface area contributed by atoms with Crippen LogP contribution in [0.15, 0.2) is 24.3 Å². The second-order valence-electron chi connectivity index (χ2n) is 4.96. The number of hydrogen-bond acceptors (Lipinski definition) is 2. The van der Waals surface area contributed by atoms with Crippen molar-refractivity contribution in [3.05, 3.63) is 30.1 Å². The second kappa shape index (κ2) is 6.32. The lowest BCUT2D eigenvalue weighted by Crippen LogP contribution is -2.48. The zero-order valence-corrected chi connectivity index (χ0v) is 11.4. The molecule has 0 atom stereocenters. The van der Waals surface area contributed by atoms with E-state index in [4.69, 9.17) is 0 Å². The van der Waals surface area contributed by atoms with Crippen LogP contribution in [0.4, 0.5) is 23.2 Å². The van der Waals surface area contributed by atoms with E-state index >= 15 is 0 Å². The molecule has 1 saturated heterocycles. The molecule has 1 aromatic carbocycles. The molecule has 7 heteroatoms. The number of carbonyl (C=O) groups is 1. The normalized spacial score (nSPS) is 16.2. The summed E-state index contributed by atoms with van der Waals surface area (Å²) in [4.78, 5) is 15.1. The van der Waals surface area contributed by atoms with E-state index in [1.165, 1.54) is 17.0 Å². The van der Waals surface area contributed by atoms with Gasteiger partial charge in [0.25, 0.3) is 0 Å². The maximum absolute atomic E-state index is 12.8. The Morgan fingerprint density at radius 2 is 1.62 bits per heavy atom. The minimum absolute atomic E-state index is 0.320. The fourth-order valence-electron chi connectivity index (χ4n) is 2.27. The highest BCUT2D eigenvalue weighted by molar-refractivity contribution is 5.76. The number of anilines is 1. The molecule has 3 nitrogen and oxygen atoms in total. The standard InChI is InChI=1S/C14H16F4N2O/c15-11-1-3-12(4-2-11)19-7-9-20(10-8-19)13(21)5-6-14(16,17)18/h1-4H,5-10H2. The first-order valence-corrected chi connectivity index (χ1v) is 6.70. The van der Waals surface area contributed by atoms with Gasteiger partial charge in [0.2, 0.25) is 5.91 Å². The molecule has 0 N–H and O–H groups in total. The minimum Gasteiger partial charge on any atom is -0.368 e.